The lowest BCUT2D eigenvalue weighted by Gasteiger charge is -2.52. The molecule has 0 heterocycles. The molecule has 82 valence electrons. The summed E-state index contributed by atoms with van der Waals surface area (Å²) in [7, 11) is 2.26. The SMILES string of the molecule is C[C@H](N)CN(C)C1CCC12CCCC2. The summed E-state index contributed by atoms with van der Waals surface area (Å²) in [4.78, 5) is 2.51. The molecule has 2 fully saturated rings. The van der Waals surface area contributed by atoms with Gasteiger partial charge in [0.15, 0.2) is 0 Å². The molecule has 2 saturated carbocycles. The minimum absolute atomic E-state index is 0.319. The standard InChI is InChI=1S/C12H24N2/c1-10(13)9-14(2)11-5-8-12(11)6-3-4-7-12/h10-11H,3-9,13H2,1-2H3/t10-,11?/m0/s1. The minimum atomic E-state index is 0.319. The first-order valence-electron chi connectivity index (χ1n) is 6.10. The third-order valence-corrected chi connectivity index (χ3v) is 4.33. The Bertz CT molecular complexity index is 194. The van der Waals surface area contributed by atoms with E-state index in [1.54, 1.807) is 0 Å². The highest BCUT2D eigenvalue weighted by Crippen LogP contribution is 2.54. The normalized spacial score (nSPS) is 32.1. The first kappa shape index (κ1) is 10.4. The van der Waals surface area contributed by atoms with Crippen LogP contribution >= 0.6 is 0 Å². The van der Waals surface area contributed by atoms with Gasteiger partial charge in [-0.15, -0.1) is 0 Å². The predicted molar refractivity (Wildman–Crippen MR) is 60.2 cm³/mol. The van der Waals surface area contributed by atoms with Crippen molar-refractivity contribution in [3.05, 3.63) is 0 Å². The Morgan fingerprint density at radius 2 is 2.00 bits per heavy atom. The Morgan fingerprint density at radius 1 is 1.36 bits per heavy atom. The Balaban J connectivity index is 1.91. The van der Waals surface area contributed by atoms with Crippen LogP contribution in [0.15, 0.2) is 0 Å². The van der Waals surface area contributed by atoms with Gasteiger partial charge in [-0.2, -0.15) is 0 Å². The van der Waals surface area contributed by atoms with Crippen molar-refractivity contribution in [2.45, 2.75) is 57.5 Å². The van der Waals surface area contributed by atoms with Gasteiger partial charge in [0.05, 0.1) is 0 Å². The molecule has 2 atom stereocenters. The van der Waals surface area contributed by atoms with Crippen LogP contribution in [0.5, 0.6) is 0 Å². The maximum absolute atomic E-state index is 5.86. The van der Waals surface area contributed by atoms with Gasteiger partial charge in [-0.1, -0.05) is 12.8 Å². The van der Waals surface area contributed by atoms with E-state index < -0.39 is 0 Å². The van der Waals surface area contributed by atoms with Crippen LogP contribution in [0.2, 0.25) is 0 Å². The molecule has 0 aromatic heterocycles. The topological polar surface area (TPSA) is 29.3 Å². The summed E-state index contributed by atoms with van der Waals surface area (Å²) in [5.74, 6) is 0. The summed E-state index contributed by atoms with van der Waals surface area (Å²) in [6.07, 6.45) is 8.75. The monoisotopic (exact) mass is 196 g/mol. The Morgan fingerprint density at radius 3 is 2.43 bits per heavy atom. The van der Waals surface area contributed by atoms with Crippen LogP contribution in [0.3, 0.4) is 0 Å². The molecule has 0 saturated heterocycles. The molecule has 14 heavy (non-hydrogen) atoms. The molecule has 0 bridgehead atoms. The lowest BCUT2D eigenvalue weighted by atomic mass is 9.62. The van der Waals surface area contributed by atoms with Crippen LogP contribution < -0.4 is 5.73 Å². The Hall–Kier alpha value is -0.0800. The van der Waals surface area contributed by atoms with Gasteiger partial charge in [0.1, 0.15) is 0 Å². The molecule has 2 aliphatic carbocycles. The number of rotatable bonds is 3. The molecule has 0 aromatic carbocycles. The zero-order chi connectivity index (χ0) is 10.2. The van der Waals surface area contributed by atoms with Crippen molar-refractivity contribution in [2.75, 3.05) is 13.6 Å². The second-order valence-corrected chi connectivity index (χ2v) is 5.54. The van der Waals surface area contributed by atoms with E-state index in [1.807, 2.05) is 0 Å². The predicted octanol–water partition coefficient (Wildman–Crippen LogP) is 1.99. The van der Waals surface area contributed by atoms with E-state index in [0.717, 1.165) is 12.6 Å². The van der Waals surface area contributed by atoms with Crippen LogP contribution in [-0.2, 0) is 0 Å². The molecule has 0 aromatic rings. The van der Waals surface area contributed by atoms with Crippen molar-refractivity contribution in [3.63, 3.8) is 0 Å². The van der Waals surface area contributed by atoms with Gasteiger partial charge in [-0.3, -0.25) is 0 Å². The molecule has 0 radical (unpaired) electrons. The second-order valence-electron chi connectivity index (χ2n) is 5.54. The van der Waals surface area contributed by atoms with Crippen molar-refractivity contribution in [1.82, 2.24) is 4.90 Å². The van der Waals surface area contributed by atoms with Crippen LogP contribution in [0.4, 0.5) is 0 Å². The first-order valence-corrected chi connectivity index (χ1v) is 6.10. The lowest BCUT2D eigenvalue weighted by Crippen LogP contribution is -2.54. The van der Waals surface area contributed by atoms with E-state index in [2.05, 4.69) is 18.9 Å². The average Bonchev–Trinajstić information content (AvgIpc) is 2.49. The minimum Gasteiger partial charge on any atom is -0.327 e. The number of nitrogens with two attached hydrogens (primary N) is 1. The smallest absolute Gasteiger partial charge is 0.0149 e. The molecule has 0 amide bonds. The summed E-state index contributed by atoms with van der Waals surface area (Å²) < 4.78 is 0. The summed E-state index contributed by atoms with van der Waals surface area (Å²) in [6.45, 7) is 3.17. The number of hydrogen-bond acceptors (Lipinski definition) is 2. The van der Waals surface area contributed by atoms with Crippen molar-refractivity contribution < 1.29 is 0 Å². The maximum Gasteiger partial charge on any atom is 0.0149 e. The third-order valence-electron chi connectivity index (χ3n) is 4.33. The van der Waals surface area contributed by atoms with E-state index in [1.165, 1.54) is 38.5 Å². The fourth-order valence-electron chi connectivity index (χ4n) is 3.61. The van der Waals surface area contributed by atoms with Crippen LogP contribution in [0.1, 0.15) is 45.4 Å². The number of likely N-dealkylation sites (N-methyl/N-ethyl adjacent to an activating group) is 1. The van der Waals surface area contributed by atoms with E-state index in [9.17, 15) is 0 Å². The van der Waals surface area contributed by atoms with Gasteiger partial charge in [0.2, 0.25) is 0 Å². The molecule has 2 N–H and O–H groups in total. The summed E-state index contributed by atoms with van der Waals surface area (Å²) in [5, 5.41) is 0. The largest absolute Gasteiger partial charge is 0.327 e. The highest BCUT2D eigenvalue weighted by atomic mass is 15.2. The zero-order valence-electron chi connectivity index (χ0n) is 9.63. The molecule has 2 rings (SSSR count). The Labute approximate surface area is 87.8 Å². The van der Waals surface area contributed by atoms with E-state index in [4.69, 9.17) is 5.73 Å². The molecular formula is C12H24N2. The third kappa shape index (κ3) is 1.70. The highest BCUT2D eigenvalue weighted by molar-refractivity contribution is 5.03. The summed E-state index contributed by atoms with van der Waals surface area (Å²) >= 11 is 0. The molecule has 2 heteroatoms. The van der Waals surface area contributed by atoms with Crippen molar-refractivity contribution in [2.24, 2.45) is 11.1 Å². The summed E-state index contributed by atoms with van der Waals surface area (Å²) in [5.41, 5.74) is 6.57. The lowest BCUT2D eigenvalue weighted by molar-refractivity contribution is -0.0104. The van der Waals surface area contributed by atoms with Gasteiger partial charge in [0.25, 0.3) is 0 Å². The number of nitrogens with zero attached hydrogens (tertiary/aromatic N) is 1. The molecule has 0 aliphatic heterocycles. The second kappa shape index (κ2) is 3.82. The molecule has 1 unspecified atom stereocenters. The highest BCUT2D eigenvalue weighted by Gasteiger charge is 2.49. The zero-order valence-corrected chi connectivity index (χ0v) is 9.63. The fraction of sp³-hybridized carbons (Fsp3) is 1.00. The molecule has 2 aliphatic rings. The Kier molecular flexibility index (Phi) is 2.85. The molecular weight excluding hydrogens is 172 g/mol. The van der Waals surface area contributed by atoms with E-state index in [-0.39, 0.29) is 0 Å². The van der Waals surface area contributed by atoms with Crippen molar-refractivity contribution in [3.8, 4) is 0 Å². The van der Waals surface area contributed by atoms with Gasteiger partial charge in [-0.05, 0) is 45.1 Å². The molecule has 2 nitrogen and oxygen atoms in total. The van der Waals surface area contributed by atoms with Crippen molar-refractivity contribution in [1.29, 1.82) is 0 Å². The van der Waals surface area contributed by atoms with Gasteiger partial charge >= 0.3 is 0 Å². The first-order chi connectivity index (χ1) is 6.64. The number of hydrogen-bond donors (Lipinski definition) is 1. The van der Waals surface area contributed by atoms with Crippen LogP contribution in [-0.4, -0.2) is 30.6 Å². The fourth-order valence-corrected chi connectivity index (χ4v) is 3.61. The maximum atomic E-state index is 5.86. The van der Waals surface area contributed by atoms with E-state index >= 15 is 0 Å². The van der Waals surface area contributed by atoms with E-state index in [0.29, 0.717) is 11.5 Å². The average molecular weight is 196 g/mol. The van der Waals surface area contributed by atoms with Gasteiger partial charge < -0.3 is 10.6 Å². The quantitative estimate of drug-likeness (QED) is 0.748. The van der Waals surface area contributed by atoms with Crippen LogP contribution in [0.25, 0.3) is 0 Å². The van der Waals surface area contributed by atoms with Crippen molar-refractivity contribution >= 4 is 0 Å². The molecule has 1 spiro atoms. The van der Waals surface area contributed by atoms with Crippen LogP contribution in [0, 0.1) is 5.41 Å². The summed E-state index contributed by atoms with van der Waals surface area (Å²) in [6, 6.07) is 1.16. The van der Waals surface area contributed by atoms with Gasteiger partial charge in [0, 0.05) is 18.6 Å². The van der Waals surface area contributed by atoms with Gasteiger partial charge in [-0.25, -0.2) is 0 Å².